The van der Waals surface area contributed by atoms with E-state index in [-0.39, 0.29) is 41.5 Å². The number of carbonyl (C=O) groups excluding carboxylic acids is 2. The Hall–Kier alpha value is -4.46. The summed E-state index contributed by atoms with van der Waals surface area (Å²) >= 11 is 0. The Balaban J connectivity index is 1.39. The van der Waals surface area contributed by atoms with Gasteiger partial charge in [0.1, 0.15) is 11.3 Å². The first-order valence-corrected chi connectivity index (χ1v) is 12.3. The van der Waals surface area contributed by atoms with Gasteiger partial charge in [0.25, 0.3) is 5.69 Å². The molecule has 1 aliphatic carbocycles. The average Bonchev–Trinajstić information content (AvgIpc) is 3.42. The molecular weight excluding hydrogens is 472 g/mol. The topological polar surface area (TPSA) is 108 Å². The van der Waals surface area contributed by atoms with Crippen molar-refractivity contribution in [2.75, 3.05) is 11.9 Å². The van der Waals surface area contributed by atoms with Crippen molar-refractivity contribution >= 4 is 23.3 Å². The molecule has 8 nitrogen and oxygen atoms in total. The van der Waals surface area contributed by atoms with Gasteiger partial charge in [-0.3, -0.25) is 10.1 Å². The van der Waals surface area contributed by atoms with Crippen molar-refractivity contribution in [2.24, 2.45) is 5.92 Å². The van der Waals surface area contributed by atoms with Gasteiger partial charge in [0, 0.05) is 23.7 Å². The molecule has 5 rings (SSSR count). The fourth-order valence-corrected chi connectivity index (χ4v) is 5.01. The number of hydrogen-bond donors (Lipinski definition) is 1. The predicted octanol–water partition coefficient (Wildman–Crippen LogP) is 6.21. The van der Waals surface area contributed by atoms with Crippen LogP contribution in [0.1, 0.15) is 63.6 Å². The largest absolute Gasteiger partial charge is 0.462 e. The third-order valence-corrected chi connectivity index (χ3v) is 6.81. The fraction of sp³-hybridized carbons (Fsp3) is 0.241. The first kappa shape index (κ1) is 24.2. The quantitative estimate of drug-likeness (QED) is 0.136. The van der Waals surface area contributed by atoms with Crippen molar-refractivity contribution in [2.45, 2.75) is 31.7 Å². The number of rotatable bonds is 7. The molecule has 0 aromatic heterocycles. The molecule has 0 spiro atoms. The minimum absolute atomic E-state index is 0.0212. The Morgan fingerprint density at radius 1 is 1.05 bits per heavy atom. The van der Waals surface area contributed by atoms with Crippen molar-refractivity contribution in [3.8, 4) is 5.75 Å². The SMILES string of the molecule is CCCOC(=O)c1ccccc1OC(=O)c1ccc2c(c1)[C@@H]1C=CC[C@@H]1[C@@H](c1ccc([N+](=O)[O-])cc1)N2. The fourth-order valence-electron chi connectivity index (χ4n) is 5.01. The number of esters is 2. The van der Waals surface area contributed by atoms with Crippen molar-refractivity contribution < 1.29 is 24.0 Å². The number of nitrogens with one attached hydrogen (secondary N) is 1. The van der Waals surface area contributed by atoms with Crippen LogP contribution < -0.4 is 10.1 Å². The van der Waals surface area contributed by atoms with E-state index < -0.39 is 16.9 Å². The number of anilines is 1. The molecule has 1 aliphatic heterocycles. The lowest BCUT2D eigenvalue weighted by atomic mass is 9.76. The summed E-state index contributed by atoms with van der Waals surface area (Å²) in [6.45, 7) is 2.19. The van der Waals surface area contributed by atoms with Gasteiger partial charge in [0.2, 0.25) is 0 Å². The van der Waals surface area contributed by atoms with Gasteiger partial charge in [-0.05, 0) is 60.2 Å². The third-order valence-electron chi connectivity index (χ3n) is 6.81. The second-order valence-corrected chi connectivity index (χ2v) is 9.15. The number of nitro groups is 1. The maximum absolute atomic E-state index is 13.1. The van der Waals surface area contributed by atoms with Gasteiger partial charge in [-0.25, -0.2) is 9.59 Å². The maximum Gasteiger partial charge on any atom is 0.343 e. The van der Waals surface area contributed by atoms with Gasteiger partial charge in [-0.15, -0.1) is 0 Å². The number of benzene rings is 3. The summed E-state index contributed by atoms with van der Waals surface area (Å²) in [6.07, 6.45) is 5.82. The second kappa shape index (κ2) is 10.3. The molecule has 0 unspecified atom stereocenters. The molecule has 188 valence electrons. The number of allylic oxidation sites excluding steroid dienone is 2. The highest BCUT2D eigenvalue weighted by molar-refractivity contribution is 5.96. The summed E-state index contributed by atoms with van der Waals surface area (Å²) in [6, 6.07) is 18.5. The average molecular weight is 499 g/mol. The van der Waals surface area contributed by atoms with E-state index in [1.165, 1.54) is 12.1 Å². The Labute approximate surface area is 214 Å². The van der Waals surface area contributed by atoms with Crippen LogP contribution in [0.3, 0.4) is 0 Å². The number of fused-ring (bicyclic) bond motifs is 3. The smallest absolute Gasteiger partial charge is 0.343 e. The molecule has 0 saturated carbocycles. The van der Waals surface area contributed by atoms with Gasteiger partial charge in [0.05, 0.1) is 23.1 Å². The Bertz CT molecular complexity index is 1380. The number of carbonyl (C=O) groups is 2. The van der Waals surface area contributed by atoms with Crippen molar-refractivity contribution in [1.82, 2.24) is 0 Å². The standard InChI is InChI=1S/C29H26N2O6/c1-2-16-36-29(33)23-6-3-4-9-26(23)37-28(32)19-12-15-25-24(17-19)21-7-5-8-22(21)27(30-25)18-10-13-20(14-11-18)31(34)35/h3-7,9-15,17,21-22,27,30H,2,8,16H2,1H3/t21-,22+,27-/m1/s1. The van der Waals surface area contributed by atoms with E-state index in [2.05, 4.69) is 17.5 Å². The van der Waals surface area contributed by atoms with Crippen LogP contribution in [0.15, 0.2) is 78.9 Å². The summed E-state index contributed by atoms with van der Waals surface area (Å²) in [7, 11) is 0. The summed E-state index contributed by atoms with van der Waals surface area (Å²) in [5.74, 6) is -0.651. The number of para-hydroxylation sites is 1. The van der Waals surface area contributed by atoms with Crippen LogP contribution in [-0.2, 0) is 4.74 Å². The molecular formula is C29H26N2O6. The molecule has 37 heavy (non-hydrogen) atoms. The van der Waals surface area contributed by atoms with Crippen LogP contribution in [-0.4, -0.2) is 23.5 Å². The molecule has 0 amide bonds. The van der Waals surface area contributed by atoms with Gasteiger partial charge >= 0.3 is 11.9 Å². The molecule has 3 aromatic carbocycles. The minimum atomic E-state index is -0.561. The second-order valence-electron chi connectivity index (χ2n) is 9.15. The number of non-ortho nitro benzene ring substituents is 1. The maximum atomic E-state index is 13.1. The van der Waals surface area contributed by atoms with Gasteiger partial charge in [-0.1, -0.05) is 43.3 Å². The normalized spacial score (nSPS) is 19.3. The molecule has 1 N–H and O–H groups in total. The van der Waals surface area contributed by atoms with E-state index in [0.717, 1.165) is 23.2 Å². The molecule has 2 aliphatic rings. The van der Waals surface area contributed by atoms with Crippen LogP contribution in [0, 0.1) is 16.0 Å². The summed E-state index contributed by atoms with van der Waals surface area (Å²) in [5, 5.41) is 14.6. The molecule has 0 radical (unpaired) electrons. The lowest BCUT2D eigenvalue weighted by molar-refractivity contribution is -0.384. The van der Waals surface area contributed by atoms with E-state index in [9.17, 15) is 19.7 Å². The van der Waals surface area contributed by atoms with Crippen LogP contribution in [0.2, 0.25) is 0 Å². The molecule has 3 aromatic rings. The monoisotopic (exact) mass is 498 g/mol. The Morgan fingerprint density at radius 3 is 2.59 bits per heavy atom. The number of ether oxygens (including phenoxy) is 2. The van der Waals surface area contributed by atoms with E-state index >= 15 is 0 Å². The van der Waals surface area contributed by atoms with Crippen molar-refractivity contribution in [1.29, 1.82) is 0 Å². The first-order chi connectivity index (χ1) is 18.0. The highest BCUT2D eigenvalue weighted by Gasteiger charge is 2.38. The van der Waals surface area contributed by atoms with E-state index in [4.69, 9.17) is 9.47 Å². The third kappa shape index (κ3) is 4.82. The summed E-state index contributed by atoms with van der Waals surface area (Å²) in [5.41, 5.74) is 3.51. The molecule has 0 fully saturated rings. The number of nitrogens with zero attached hydrogens (tertiary/aromatic N) is 1. The van der Waals surface area contributed by atoms with E-state index in [0.29, 0.717) is 12.0 Å². The highest BCUT2D eigenvalue weighted by Crippen LogP contribution is 2.50. The minimum Gasteiger partial charge on any atom is -0.462 e. The zero-order valence-corrected chi connectivity index (χ0v) is 20.3. The van der Waals surface area contributed by atoms with Crippen LogP contribution in [0.5, 0.6) is 5.75 Å². The zero-order valence-electron chi connectivity index (χ0n) is 20.3. The van der Waals surface area contributed by atoms with Crippen molar-refractivity contribution in [3.05, 3.63) is 111 Å². The lowest BCUT2D eigenvalue weighted by Gasteiger charge is -2.37. The van der Waals surface area contributed by atoms with Crippen molar-refractivity contribution in [3.63, 3.8) is 0 Å². The van der Waals surface area contributed by atoms with Crippen LogP contribution in [0.4, 0.5) is 11.4 Å². The number of nitro benzene ring substituents is 1. The highest BCUT2D eigenvalue weighted by atomic mass is 16.6. The van der Waals surface area contributed by atoms with Gasteiger partial charge in [-0.2, -0.15) is 0 Å². The zero-order chi connectivity index (χ0) is 25.9. The van der Waals surface area contributed by atoms with Crippen LogP contribution in [0.25, 0.3) is 0 Å². The molecule has 0 saturated heterocycles. The summed E-state index contributed by atoms with van der Waals surface area (Å²) < 4.78 is 10.8. The summed E-state index contributed by atoms with van der Waals surface area (Å²) in [4.78, 5) is 36.1. The van der Waals surface area contributed by atoms with E-state index in [1.54, 1.807) is 42.5 Å². The lowest BCUT2D eigenvalue weighted by Crippen LogP contribution is -2.29. The van der Waals surface area contributed by atoms with Gasteiger partial charge in [0.15, 0.2) is 0 Å². The predicted molar refractivity (Wildman–Crippen MR) is 138 cm³/mol. The first-order valence-electron chi connectivity index (χ1n) is 12.3. The number of hydrogen-bond acceptors (Lipinski definition) is 7. The van der Waals surface area contributed by atoms with Crippen LogP contribution >= 0.6 is 0 Å². The molecule has 0 bridgehead atoms. The van der Waals surface area contributed by atoms with Gasteiger partial charge < -0.3 is 14.8 Å². The van der Waals surface area contributed by atoms with E-state index in [1.807, 2.05) is 19.1 Å². The Morgan fingerprint density at radius 2 is 1.84 bits per heavy atom. The molecule has 8 heteroatoms. The Kier molecular flexibility index (Phi) is 6.72. The molecule has 1 heterocycles. The molecule has 3 atom stereocenters.